The highest BCUT2D eigenvalue weighted by molar-refractivity contribution is 9.11. The lowest BCUT2D eigenvalue weighted by molar-refractivity contribution is 0.456. The van der Waals surface area contributed by atoms with E-state index in [9.17, 15) is 0 Å². The van der Waals surface area contributed by atoms with Gasteiger partial charge in [0.1, 0.15) is 0 Å². The van der Waals surface area contributed by atoms with E-state index in [4.69, 9.17) is 5.73 Å². The minimum atomic E-state index is 0.252. The summed E-state index contributed by atoms with van der Waals surface area (Å²) < 4.78 is 1.19. The molecule has 1 atom stereocenters. The lowest BCUT2D eigenvalue weighted by Gasteiger charge is -2.13. The van der Waals surface area contributed by atoms with E-state index < -0.39 is 0 Å². The van der Waals surface area contributed by atoms with Crippen LogP contribution in [0.4, 0.5) is 0 Å². The molecule has 1 aliphatic rings. The van der Waals surface area contributed by atoms with Gasteiger partial charge in [-0.25, -0.2) is 0 Å². The normalized spacial score (nSPS) is 19.6. The molecule has 0 aliphatic heterocycles. The van der Waals surface area contributed by atoms with Gasteiger partial charge in [0, 0.05) is 10.9 Å². The average molecular weight is 288 g/mol. The number of hydrogen-bond acceptors (Lipinski definition) is 2. The van der Waals surface area contributed by atoms with Gasteiger partial charge in [-0.05, 0) is 46.8 Å². The number of thiophene rings is 1. The van der Waals surface area contributed by atoms with Crippen molar-refractivity contribution < 1.29 is 0 Å². The summed E-state index contributed by atoms with van der Waals surface area (Å²) in [6.45, 7) is 0. The van der Waals surface area contributed by atoms with Gasteiger partial charge < -0.3 is 5.73 Å². The second-order valence-corrected chi connectivity index (χ2v) is 6.97. The molecule has 0 spiro atoms. The molecular weight excluding hydrogens is 270 g/mol. The van der Waals surface area contributed by atoms with Gasteiger partial charge >= 0.3 is 0 Å². The molecule has 1 aromatic rings. The van der Waals surface area contributed by atoms with Crippen molar-refractivity contribution in [2.24, 2.45) is 11.7 Å². The summed E-state index contributed by atoms with van der Waals surface area (Å²) in [5, 5.41) is 0. The van der Waals surface area contributed by atoms with Crippen LogP contribution in [0.5, 0.6) is 0 Å². The van der Waals surface area contributed by atoms with Gasteiger partial charge in [0.05, 0.1) is 3.79 Å². The first kappa shape index (κ1) is 11.6. The molecule has 15 heavy (non-hydrogen) atoms. The van der Waals surface area contributed by atoms with Crippen molar-refractivity contribution in [3.05, 3.63) is 20.8 Å². The molecule has 0 amide bonds. The van der Waals surface area contributed by atoms with Crippen LogP contribution in [0.3, 0.4) is 0 Å². The van der Waals surface area contributed by atoms with E-state index in [1.165, 1.54) is 40.8 Å². The first-order valence-corrected chi connectivity index (χ1v) is 7.37. The fourth-order valence-corrected chi connectivity index (χ4v) is 3.84. The summed E-state index contributed by atoms with van der Waals surface area (Å²) in [5.74, 6) is 0.958. The maximum Gasteiger partial charge on any atom is 0.0701 e. The monoisotopic (exact) mass is 287 g/mol. The zero-order valence-corrected chi connectivity index (χ0v) is 11.3. The van der Waals surface area contributed by atoms with Gasteiger partial charge in [-0.1, -0.05) is 25.7 Å². The lowest BCUT2D eigenvalue weighted by Crippen LogP contribution is -2.10. The Bertz CT molecular complexity index is 304. The van der Waals surface area contributed by atoms with Gasteiger partial charge in [0.25, 0.3) is 0 Å². The fourth-order valence-electron chi connectivity index (χ4n) is 2.38. The van der Waals surface area contributed by atoms with Crippen LogP contribution < -0.4 is 5.73 Å². The van der Waals surface area contributed by atoms with Crippen molar-refractivity contribution in [1.29, 1.82) is 0 Å². The zero-order chi connectivity index (χ0) is 10.7. The topological polar surface area (TPSA) is 26.0 Å². The average Bonchev–Trinajstić information content (AvgIpc) is 2.84. The van der Waals surface area contributed by atoms with Crippen LogP contribution in [0.1, 0.15) is 49.4 Å². The van der Waals surface area contributed by atoms with Crippen LogP contribution >= 0.6 is 27.3 Å². The third-order valence-electron chi connectivity index (χ3n) is 3.32. The smallest absolute Gasteiger partial charge is 0.0701 e. The maximum atomic E-state index is 6.18. The molecule has 3 heteroatoms. The Labute approximate surface area is 104 Å². The highest BCUT2D eigenvalue weighted by Gasteiger charge is 2.17. The van der Waals surface area contributed by atoms with Crippen LogP contribution in [0.15, 0.2) is 15.9 Å². The standard InChI is InChI=1S/C12H18BrNS/c13-12-8-7-11(15-12)10(14)6-5-9-3-1-2-4-9/h7-10H,1-6,14H2. The molecule has 1 heterocycles. The Hall–Kier alpha value is 0.140. The predicted octanol–water partition coefficient (Wildman–Crippen LogP) is 4.48. The molecule has 1 aliphatic carbocycles. The molecule has 0 radical (unpaired) electrons. The van der Waals surface area contributed by atoms with Crippen LogP contribution in [0.25, 0.3) is 0 Å². The summed E-state index contributed by atoms with van der Waals surface area (Å²) in [7, 11) is 0. The zero-order valence-electron chi connectivity index (χ0n) is 8.92. The highest BCUT2D eigenvalue weighted by Crippen LogP contribution is 2.33. The second kappa shape index (κ2) is 5.46. The number of halogens is 1. The van der Waals surface area contributed by atoms with Crippen molar-refractivity contribution >= 4 is 27.3 Å². The van der Waals surface area contributed by atoms with E-state index >= 15 is 0 Å². The largest absolute Gasteiger partial charge is 0.323 e. The molecular formula is C12H18BrNS. The lowest BCUT2D eigenvalue weighted by atomic mass is 9.98. The van der Waals surface area contributed by atoms with Crippen molar-refractivity contribution in [3.8, 4) is 0 Å². The Kier molecular flexibility index (Phi) is 4.23. The van der Waals surface area contributed by atoms with E-state index in [0.717, 1.165) is 12.3 Å². The molecule has 1 aromatic heterocycles. The SMILES string of the molecule is NC(CCC1CCCC1)c1ccc(Br)s1. The summed E-state index contributed by atoms with van der Waals surface area (Å²) in [4.78, 5) is 1.32. The van der Waals surface area contributed by atoms with Crippen molar-refractivity contribution in [2.75, 3.05) is 0 Å². The van der Waals surface area contributed by atoms with Crippen LogP contribution in [-0.4, -0.2) is 0 Å². The fraction of sp³-hybridized carbons (Fsp3) is 0.667. The van der Waals surface area contributed by atoms with Crippen molar-refractivity contribution in [2.45, 2.75) is 44.6 Å². The van der Waals surface area contributed by atoms with Gasteiger partial charge in [0.2, 0.25) is 0 Å². The summed E-state index contributed by atoms with van der Waals surface area (Å²) >= 11 is 5.25. The summed E-state index contributed by atoms with van der Waals surface area (Å²) in [5.41, 5.74) is 6.18. The first-order valence-electron chi connectivity index (χ1n) is 5.76. The molecule has 1 nitrogen and oxygen atoms in total. The van der Waals surface area contributed by atoms with Crippen LogP contribution in [-0.2, 0) is 0 Å². The third kappa shape index (κ3) is 3.30. The van der Waals surface area contributed by atoms with E-state index in [1.54, 1.807) is 11.3 Å². The molecule has 1 fully saturated rings. The van der Waals surface area contributed by atoms with E-state index in [1.807, 2.05) is 0 Å². The minimum absolute atomic E-state index is 0.252. The Balaban J connectivity index is 1.79. The van der Waals surface area contributed by atoms with Gasteiger partial charge in [-0.15, -0.1) is 11.3 Å². The molecule has 1 saturated carbocycles. The maximum absolute atomic E-state index is 6.18. The Morgan fingerprint density at radius 1 is 1.40 bits per heavy atom. The number of nitrogens with two attached hydrogens (primary N) is 1. The molecule has 84 valence electrons. The molecule has 1 unspecified atom stereocenters. The number of hydrogen-bond donors (Lipinski definition) is 1. The van der Waals surface area contributed by atoms with E-state index in [2.05, 4.69) is 28.1 Å². The quantitative estimate of drug-likeness (QED) is 0.868. The highest BCUT2D eigenvalue weighted by atomic mass is 79.9. The molecule has 2 N–H and O–H groups in total. The first-order chi connectivity index (χ1) is 7.25. The Morgan fingerprint density at radius 3 is 2.73 bits per heavy atom. The third-order valence-corrected chi connectivity index (χ3v) is 5.08. The van der Waals surface area contributed by atoms with Crippen molar-refractivity contribution in [3.63, 3.8) is 0 Å². The Morgan fingerprint density at radius 2 is 2.13 bits per heavy atom. The van der Waals surface area contributed by atoms with Crippen molar-refractivity contribution in [1.82, 2.24) is 0 Å². The summed E-state index contributed by atoms with van der Waals surface area (Å²) in [6, 6.07) is 4.49. The molecule has 0 saturated heterocycles. The second-order valence-electron chi connectivity index (χ2n) is 4.48. The molecule has 0 bridgehead atoms. The van der Waals surface area contributed by atoms with E-state index in [0.29, 0.717) is 0 Å². The minimum Gasteiger partial charge on any atom is -0.323 e. The molecule has 2 rings (SSSR count). The van der Waals surface area contributed by atoms with E-state index in [-0.39, 0.29) is 6.04 Å². The molecule has 0 aromatic carbocycles. The van der Waals surface area contributed by atoms with Crippen LogP contribution in [0.2, 0.25) is 0 Å². The summed E-state index contributed by atoms with van der Waals surface area (Å²) in [6.07, 6.45) is 8.20. The van der Waals surface area contributed by atoms with Crippen LogP contribution in [0, 0.1) is 5.92 Å². The number of rotatable bonds is 4. The van der Waals surface area contributed by atoms with Gasteiger partial charge in [0.15, 0.2) is 0 Å². The van der Waals surface area contributed by atoms with Gasteiger partial charge in [-0.2, -0.15) is 0 Å². The predicted molar refractivity (Wildman–Crippen MR) is 70.1 cm³/mol. The van der Waals surface area contributed by atoms with Gasteiger partial charge in [-0.3, -0.25) is 0 Å².